The molecule has 1 aromatic heterocycles. The van der Waals surface area contributed by atoms with Crippen molar-refractivity contribution in [3.63, 3.8) is 0 Å². The monoisotopic (exact) mass is 416 g/mol. The van der Waals surface area contributed by atoms with Gasteiger partial charge in [-0.1, -0.05) is 0 Å². The Balaban J connectivity index is 1.32. The number of hydroxylamine groups is 3. The summed E-state index contributed by atoms with van der Waals surface area (Å²) in [5, 5.41) is 8.03. The van der Waals surface area contributed by atoms with Crippen molar-refractivity contribution >= 4 is 22.3 Å². The molecule has 2 saturated heterocycles. The van der Waals surface area contributed by atoms with E-state index in [1.807, 2.05) is 7.05 Å². The van der Waals surface area contributed by atoms with E-state index in [0.29, 0.717) is 24.4 Å². The maximum atomic E-state index is 12.5. The molecule has 2 bridgehead atoms. The van der Waals surface area contributed by atoms with Gasteiger partial charge in [0.05, 0.1) is 30.6 Å². The van der Waals surface area contributed by atoms with Gasteiger partial charge in [-0.2, -0.15) is 18.6 Å². The van der Waals surface area contributed by atoms with Crippen LogP contribution in [0.5, 0.6) is 0 Å². The SMILES string of the molecule is Cn1ncc2c1CN[C@@H]2CONC(=O)C1CCC2CN1C(=O)N2OS(=O)(=O)O. The highest BCUT2D eigenvalue weighted by Gasteiger charge is 2.49. The molecular formula is C14H20N6O7S. The first-order chi connectivity index (χ1) is 13.2. The standard InChI is InChI=1S/C14H20N6O7S/c1-18-12-5-15-10(9(12)4-16-18)7-26-17-13(21)11-3-2-8-6-19(11)14(22)20(8)27-28(23,24)25/h4,8,10-11,15H,2-3,5-7H2,1H3,(H,17,21)(H,23,24,25)/t8?,10-,11?/m1/s1. The topological polar surface area (TPSA) is 155 Å². The lowest BCUT2D eigenvalue weighted by Crippen LogP contribution is -2.50. The van der Waals surface area contributed by atoms with Crippen molar-refractivity contribution in [2.75, 3.05) is 13.2 Å². The Morgan fingerprint density at radius 1 is 1.46 bits per heavy atom. The molecule has 13 nitrogen and oxygen atoms in total. The fourth-order valence-electron chi connectivity index (χ4n) is 3.83. The van der Waals surface area contributed by atoms with Crippen LogP contribution in [-0.2, 0) is 37.9 Å². The van der Waals surface area contributed by atoms with E-state index in [1.165, 1.54) is 4.90 Å². The highest BCUT2D eigenvalue weighted by Crippen LogP contribution is 2.31. The Kier molecular flexibility index (Phi) is 4.75. The third-order valence-electron chi connectivity index (χ3n) is 5.21. The zero-order valence-electron chi connectivity index (χ0n) is 14.9. The molecular weight excluding hydrogens is 396 g/mol. The Morgan fingerprint density at radius 3 is 3.00 bits per heavy atom. The molecule has 0 saturated carbocycles. The van der Waals surface area contributed by atoms with Crippen molar-refractivity contribution in [3.05, 3.63) is 17.5 Å². The fourth-order valence-corrected chi connectivity index (χ4v) is 4.22. The number of amides is 3. The molecule has 3 N–H and O–H groups in total. The maximum Gasteiger partial charge on any atom is 0.418 e. The molecule has 0 aliphatic carbocycles. The molecule has 2 fully saturated rings. The van der Waals surface area contributed by atoms with Gasteiger partial charge in [0, 0.05) is 25.7 Å². The van der Waals surface area contributed by atoms with Gasteiger partial charge in [-0.05, 0) is 12.8 Å². The number of hydrogen-bond acceptors (Lipinski definition) is 8. The highest BCUT2D eigenvalue weighted by atomic mass is 32.3. The number of nitrogens with one attached hydrogen (secondary N) is 2. The first kappa shape index (κ1) is 19.1. The first-order valence-corrected chi connectivity index (χ1v) is 10.0. The van der Waals surface area contributed by atoms with Gasteiger partial charge in [-0.25, -0.2) is 10.3 Å². The van der Waals surface area contributed by atoms with Crippen LogP contribution < -0.4 is 10.8 Å². The van der Waals surface area contributed by atoms with Crippen molar-refractivity contribution in [3.8, 4) is 0 Å². The lowest BCUT2D eigenvalue weighted by Gasteiger charge is -2.29. The van der Waals surface area contributed by atoms with Gasteiger partial charge in [0.15, 0.2) is 0 Å². The van der Waals surface area contributed by atoms with Crippen LogP contribution >= 0.6 is 0 Å². The third kappa shape index (κ3) is 3.44. The van der Waals surface area contributed by atoms with Gasteiger partial charge >= 0.3 is 16.4 Å². The Hall–Kier alpha value is -2.26. The van der Waals surface area contributed by atoms with Gasteiger partial charge in [0.25, 0.3) is 5.91 Å². The van der Waals surface area contributed by atoms with Crippen molar-refractivity contribution in [2.24, 2.45) is 7.05 Å². The molecule has 3 amide bonds. The normalized spacial score (nSPS) is 26.6. The maximum absolute atomic E-state index is 12.5. The third-order valence-corrected chi connectivity index (χ3v) is 5.56. The quantitative estimate of drug-likeness (QED) is 0.375. The summed E-state index contributed by atoms with van der Waals surface area (Å²) in [5.74, 6) is -0.509. The number of rotatable bonds is 6. The molecule has 154 valence electrons. The van der Waals surface area contributed by atoms with Crippen LogP contribution in [0, 0.1) is 0 Å². The van der Waals surface area contributed by atoms with Crippen LogP contribution in [0.2, 0.25) is 0 Å². The summed E-state index contributed by atoms with van der Waals surface area (Å²) in [7, 11) is -2.97. The molecule has 0 radical (unpaired) electrons. The number of aromatic nitrogens is 2. The lowest BCUT2D eigenvalue weighted by molar-refractivity contribution is -0.139. The number of nitrogens with zero attached hydrogens (tertiary/aromatic N) is 4. The van der Waals surface area contributed by atoms with E-state index in [9.17, 15) is 18.0 Å². The summed E-state index contributed by atoms with van der Waals surface area (Å²) in [6.45, 7) is 0.963. The number of hydrogen-bond donors (Lipinski definition) is 3. The summed E-state index contributed by atoms with van der Waals surface area (Å²) < 4.78 is 36.7. The van der Waals surface area contributed by atoms with Crippen molar-refractivity contribution < 1.29 is 31.7 Å². The second-order valence-corrected chi connectivity index (χ2v) is 7.90. The molecule has 2 unspecified atom stereocenters. The molecule has 4 heterocycles. The molecule has 0 spiro atoms. The second kappa shape index (κ2) is 6.97. The van der Waals surface area contributed by atoms with Gasteiger partial charge in [0.1, 0.15) is 6.04 Å². The largest absolute Gasteiger partial charge is 0.418 e. The summed E-state index contributed by atoms with van der Waals surface area (Å²) in [5.41, 5.74) is 4.42. The summed E-state index contributed by atoms with van der Waals surface area (Å²) in [6, 6.07) is -2.26. The van der Waals surface area contributed by atoms with Crippen LogP contribution in [-0.4, -0.2) is 69.9 Å². The van der Waals surface area contributed by atoms with Crippen LogP contribution in [0.3, 0.4) is 0 Å². The van der Waals surface area contributed by atoms with Crippen LogP contribution in [0.25, 0.3) is 0 Å². The molecule has 3 atom stereocenters. The van der Waals surface area contributed by atoms with E-state index < -0.39 is 34.4 Å². The zero-order valence-corrected chi connectivity index (χ0v) is 15.8. The zero-order chi connectivity index (χ0) is 20.1. The van der Waals surface area contributed by atoms with Crippen LogP contribution in [0.4, 0.5) is 4.79 Å². The number of urea groups is 1. The minimum atomic E-state index is -4.82. The molecule has 3 aliphatic rings. The predicted octanol–water partition coefficient (Wildman–Crippen LogP) is -1.38. The minimum absolute atomic E-state index is 0.105. The lowest BCUT2D eigenvalue weighted by atomic mass is 10.0. The van der Waals surface area contributed by atoms with Crippen molar-refractivity contribution in [2.45, 2.75) is 37.5 Å². The smallest absolute Gasteiger partial charge is 0.309 e. The van der Waals surface area contributed by atoms with E-state index in [4.69, 9.17) is 9.39 Å². The average Bonchev–Trinajstić information content (AvgIpc) is 3.26. The van der Waals surface area contributed by atoms with Crippen LogP contribution in [0.15, 0.2) is 6.20 Å². The van der Waals surface area contributed by atoms with E-state index in [0.717, 1.165) is 11.3 Å². The summed E-state index contributed by atoms with van der Waals surface area (Å²) >= 11 is 0. The van der Waals surface area contributed by atoms with Gasteiger partial charge in [0.2, 0.25) is 0 Å². The predicted molar refractivity (Wildman–Crippen MR) is 90.3 cm³/mol. The average molecular weight is 416 g/mol. The molecule has 3 aliphatic heterocycles. The minimum Gasteiger partial charge on any atom is -0.309 e. The number of piperidine rings is 1. The number of carbonyl (C=O) groups is 2. The fraction of sp³-hybridized carbons (Fsp3) is 0.643. The molecule has 0 aromatic carbocycles. The summed E-state index contributed by atoms with van der Waals surface area (Å²) in [4.78, 5) is 31.3. The van der Waals surface area contributed by atoms with Crippen LogP contribution in [0.1, 0.15) is 30.1 Å². The van der Waals surface area contributed by atoms with E-state index in [-0.39, 0.29) is 19.2 Å². The molecule has 14 heteroatoms. The highest BCUT2D eigenvalue weighted by molar-refractivity contribution is 7.80. The van der Waals surface area contributed by atoms with E-state index in [2.05, 4.69) is 20.2 Å². The van der Waals surface area contributed by atoms with E-state index in [1.54, 1.807) is 10.9 Å². The van der Waals surface area contributed by atoms with Gasteiger partial charge < -0.3 is 10.2 Å². The van der Waals surface area contributed by atoms with Crippen molar-refractivity contribution in [1.29, 1.82) is 0 Å². The van der Waals surface area contributed by atoms with E-state index >= 15 is 0 Å². The van der Waals surface area contributed by atoms with Gasteiger partial charge in [-0.15, -0.1) is 4.28 Å². The number of carbonyl (C=O) groups excluding carboxylic acids is 2. The van der Waals surface area contributed by atoms with Crippen molar-refractivity contribution in [1.82, 2.24) is 30.5 Å². The molecule has 1 aromatic rings. The Labute approximate surface area is 160 Å². The Bertz CT molecular complexity index is 902. The summed E-state index contributed by atoms with van der Waals surface area (Å²) in [6.07, 6.45) is 2.41. The second-order valence-electron chi connectivity index (χ2n) is 6.89. The number of aryl methyl sites for hydroxylation is 1. The molecule has 4 rings (SSSR count). The van der Waals surface area contributed by atoms with Gasteiger partial charge in [-0.3, -0.25) is 18.9 Å². The number of fused-ring (bicyclic) bond motifs is 3. The Morgan fingerprint density at radius 2 is 2.25 bits per heavy atom. The molecule has 28 heavy (non-hydrogen) atoms. The first-order valence-electron chi connectivity index (χ1n) is 8.67.